The van der Waals surface area contributed by atoms with Crippen LogP contribution in [0.3, 0.4) is 0 Å². The molecular formula is C13H14N4O4. The van der Waals surface area contributed by atoms with Gasteiger partial charge in [0.05, 0.1) is 23.3 Å². The highest BCUT2D eigenvalue weighted by atomic mass is 16.6. The van der Waals surface area contributed by atoms with Gasteiger partial charge in [-0.05, 0) is 18.2 Å². The Kier molecular flexibility index (Phi) is 4.50. The molecule has 1 aliphatic rings. The van der Waals surface area contributed by atoms with Crippen LogP contribution in [0.1, 0.15) is 12.1 Å². The Morgan fingerprint density at radius 1 is 1.67 bits per heavy atom. The van der Waals surface area contributed by atoms with Gasteiger partial charge in [0.25, 0.3) is 5.70 Å². The molecule has 0 saturated carbocycles. The number of oxime groups is 1. The molecule has 0 spiro atoms. The first-order valence-electron chi connectivity index (χ1n) is 6.17. The van der Waals surface area contributed by atoms with Crippen LogP contribution in [-0.4, -0.2) is 34.5 Å². The monoisotopic (exact) mass is 290 g/mol. The molecule has 2 N–H and O–H groups in total. The van der Waals surface area contributed by atoms with Crippen LogP contribution >= 0.6 is 0 Å². The molecule has 21 heavy (non-hydrogen) atoms. The molecule has 1 aromatic heterocycles. The van der Waals surface area contributed by atoms with Crippen molar-refractivity contribution in [3.8, 4) is 5.75 Å². The van der Waals surface area contributed by atoms with Crippen LogP contribution in [0, 0.1) is 10.1 Å². The summed E-state index contributed by atoms with van der Waals surface area (Å²) in [5, 5.41) is 25.2. The second-order valence-corrected chi connectivity index (χ2v) is 4.25. The lowest BCUT2D eigenvalue weighted by molar-refractivity contribution is -0.430. The number of likely N-dealkylation sites (N-methyl/N-ethyl adjacent to an activating group) is 1. The minimum absolute atomic E-state index is 0.0798. The topological polar surface area (TPSA) is 110 Å². The number of rotatable bonds is 5. The fourth-order valence-electron chi connectivity index (χ4n) is 1.96. The molecule has 0 amide bonds. The second kappa shape index (κ2) is 6.51. The lowest BCUT2D eigenvalue weighted by atomic mass is 10.1. The SMILES string of the molecule is CNC1=C([N+](=O)[O-])CC(Oc2ccnc(/C=N\O)c2)C=C1. The van der Waals surface area contributed by atoms with Crippen LogP contribution in [0.25, 0.3) is 0 Å². The molecule has 0 aromatic carbocycles. The molecule has 0 aliphatic heterocycles. The Labute approximate surface area is 120 Å². The van der Waals surface area contributed by atoms with E-state index in [-0.39, 0.29) is 12.1 Å². The zero-order valence-corrected chi connectivity index (χ0v) is 11.3. The van der Waals surface area contributed by atoms with Crippen molar-refractivity contribution in [1.29, 1.82) is 0 Å². The smallest absolute Gasteiger partial charge is 0.273 e. The lowest BCUT2D eigenvalue weighted by Gasteiger charge is -2.19. The molecule has 1 unspecified atom stereocenters. The molecule has 1 atom stereocenters. The van der Waals surface area contributed by atoms with Gasteiger partial charge >= 0.3 is 0 Å². The quantitative estimate of drug-likeness (QED) is 0.366. The van der Waals surface area contributed by atoms with Crippen molar-refractivity contribution in [2.45, 2.75) is 12.5 Å². The van der Waals surface area contributed by atoms with Gasteiger partial charge < -0.3 is 15.3 Å². The van der Waals surface area contributed by atoms with Gasteiger partial charge in [-0.2, -0.15) is 0 Å². The summed E-state index contributed by atoms with van der Waals surface area (Å²) >= 11 is 0. The Morgan fingerprint density at radius 2 is 2.48 bits per heavy atom. The summed E-state index contributed by atoms with van der Waals surface area (Å²) in [5.74, 6) is 0.491. The predicted molar refractivity (Wildman–Crippen MR) is 74.9 cm³/mol. The number of aromatic nitrogens is 1. The Bertz CT molecular complexity index is 624. The van der Waals surface area contributed by atoms with Crippen LogP contribution in [-0.2, 0) is 0 Å². The van der Waals surface area contributed by atoms with Crippen molar-refractivity contribution in [3.63, 3.8) is 0 Å². The van der Waals surface area contributed by atoms with E-state index in [1.165, 1.54) is 12.4 Å². The van der Waals surface area contributed by atoms with Gasteiger partial charge in [-0.25, -0.2) is 0 Å². The van der Waals surface area contributed by atoms with Gasteiger partial charge in [-0.1, -0.05) is 5.16 Å². The van der Waals surface area contributed by atoms with Crippen molar-refractivity contribution in [2.24, 2.45) is 5.16 Å². The zero-order chi connectivity index (χ0) is 15.2. The number of nitrogens with one attached hydrogen (secondary N) is 1. The first-order chi connectivity index (χ1) is 10.1. The van der Waals surface area contributed by atoms with Crippen LogP contribution < -0.4 is 10.1 Å². The summed E-state index contributed by atoms with van der Waals surface area (Å²) in [7, 11) is 1.63. The molecular weight excluding hydrogens is 276 g/mol. The molecule has 1 aliphatic carbocycles. The summed E-state index contributed by atoms with van der Waals surface area (Å²) < 4.78 is 5.68. The van der Waals surface area contributed by atoms with E-state index in [1.54, 1.807) is 31.3 Å². The third-order valence-corrected chi connectivity index (χ3v) is 2.90. The van der Waals surface area contributed by atoms with Crippen LogP contribution in [0.5, 0.6) is 5.75 Å². The number of hydrogen-bond acceptors (Lipinski definition) is 7. The molecule has 1 aromatic rings. The van der Waals surface area contributed by atoms with E-state index in [2.05, 4.69) is 15.5 Å². The third kappa shape index (κ3) is 3.56. The maximum atomic E-state index is 11.0. The van der Waals surface area contributed by atoms with E-state index >= 15 is 0 Å². The highest BCUT2D eigenvalue weighted by molar-refractivity contribution is 5.76. The maximum absolute atomic E-state index is 11.0. The Morgan fingerprint density at radius 3 is 3.14 bits per heavy atom. The van der Waals surface area contributed by atoms with Crippen molar-refractivity contribution in [3.05, 3.63) is 57.7 Å². The molecule has 0 fully saturated rings. The molecule has 0 bridgehead atoms. The van der Waals surface area contributed by atoms with Crippen LogP contribution in [0.15, 0.2) is 47.0 Å². The van der Waals surface area contributed by atoms with Crippen molar-refractivity contribution in [1.82, 2.24) is 10.3 Å². The van der Waals surface area contributed by atoms with Gasteiger partial charge in [-0.15, -0.1) is 0 Å². The largest absolute Gasteiger partial charge is 0.486 e. The average molecular weight is 290 g/mol. The fraction of sp³-hybridized carbons (Fsp3) is 0.231. The van der Waals surface area contributed by atoms with E-state index in [4.69, 9.17) is 9.94 Å². The minimum Gasteiger partial charge on any atom is -0.486 e. The van der Waals surface area contributed by atoms with Crippen molar-refractivity contribution >= 4 is 6.21 Å². The summed E-state index contributed by atoms with van der Waals surface area (Å²) in [6.45, 7) is 0. The highest BCUT2D eigenvalue weighted by Gasteiger charge is 2.26. The van der Waals surface area contributed by atoms with E-state index in [1.807, 2.05) is 0 Å². The van der Waals surface area contributed by atoms with Crippen LogP contribution in [0.2, 0.25) is 0 Å². The number of allylic oxidation sites excluding steroid dienone is 1. The molecule has 2 rings (SSSR count). The number of nitro groups is 1. The molecule has 1 heterocycles. The normalized spacial score (nSPS) is 18.0. The van der Waals surface area contributed by atoms with Gasteiger partial charge in [0.1, 0.15) is 17.6 Å². The number of nitrogens with zero attached hydrogens (tertiary/aromatic N) is 3. The summed E-state index contributed by atoms with van der Waals surface area (Å²) in [6, 6.07) is 3.21. The molecule has 0 saturated heterocycles. The van der Waals surface area contributed by atoms with Gasteiger partial charge in [0.2, 0.25) is 0 Å². The first kappa shape index (κ1) is 14.5. The highest BCUT2D eigenvalue weighted by Crippen LogP contribution is 2.22. The predicted octanol–water partition coefficient (Wildman–Crippen LogP) is 1.30. The minimum atomic E-state index is -0.441. The van der Waals surface area contributed by atoms with Crippen molar-refractivity contribution in [2.75, 3.05) is 7.05 Å². The Balaban J connectivity index is 2.12. The lowest BCUT2D eigenvalue weighted by Crippen LogP contribution is -2.24. The Hall–Kier alpha value is -2.90. The standard InChI is InChI=1S/C13H14N4O4/c1-14-12-3-2-10(7-13(12)17(19)20)21-11-4-5-15-9(6-11)8-16-18/h2-6,8,10,14,18H,7H2,1H3/b16-8-. The second-order valence-electron chi connectivity index (χ2n) is 4.25. The number of ether oxygens (including phenoxy) is 1. The average Bonchev–Trinajstić information content (AvgIpc) is 2.48. The summed E-state index contributed by atoms with van der Waals surface area (Å²) in [6.07, 6.45) is 5.77. The van der Waals surface area contributed by atoms with E-state index < -0.39 is 11.0 Å². The number of pyridine rings is 1. The molecule has 8 heteroatoms. The first-order valence-corrected chi connectivity index (χ1v) is 6.17. The fourth-order valence-corrected chi connectivity index (χ4v) is 1.96. The van der Waals surface area contributed by atoms with Gasteiger partial charge in [0.15, 0.2) is 0 Å². The zero-order valence-electron chi connectivity index (χ0n) is 11.3. The van der Waals surface area contributed by atoms with Gasteiger partial charge in [0, 0.05) is 19.3 Å². The van der Waals surface area contributed by atoms with E-state index in [0.717, 1.165) is 0 Å². The summed E-state index contributed by atoms with van der Waals surface area (Å²) in [4.78, 5) is 14.6. The van der Waals surface area contributed by atoms with E-state index in [0.29, 0.717) is 17.1 Å². The maximum Gasteiger partial charge on any atom is 0.273 e. The molecule has 110 valence electrons. The van der Waals surface area contributed by atoms with E-state index in [9.17, 15) is 10.1 Å². The molecule has 8 nitrogen and oxygen atoms in total. The van der Waals surface area contributed by atoms with Gasteiger partial charge in [-0.3, -0.25) is 15.1 Å². The third-order valence-electron chi connectivity index (χ3n) is 2.90. The summed E-state index contributed by atoms with van der Waals surface area (Å²) in [5.41, 5.74) is 0.981. The molecule has 0 radical (unpaired) electrons. The number of hydrogen-bond donors (Lipinski definition) is 2. The van der Waals surface area contributed by atoms with Crippen molar-refractivity contribution < 1.29 is 14.9 Å². The van der Waals surface area contributed by atoms with Crippen LogP contribution in [0.4, 0.5) is 0 Å².